The molecule has 1 aliphatic rings. The second kappa shape index (κ2) is 9.32. The van der Waals surface area contributed by atoms with E-state index in [0.717, 1.165) is 57.1 Å². The fourth-order valence-corrected chi connectivity index (χ4v) is 3.60. The number of hydrogen-bond donors (Lipinski definition) is 1. The summed E-state index contributed by atoms with van der Waals surface area (Å²) in [7, 11) is 6.33. The van der Waals surface area contributed by atoms with Crippen LogP contribution in [-0.4, -0.2) is 90.1 Å². The number of fused-ring (bicyclic) bond motifs is 1. The molecule has 8 nitrogen and oxygen atoms in total. The van der Waals surface area contributed by atoms with E-state index in [-0.39, 0.29) is 0 Å². The van der Waals surface area contributed by atoms with Gasteiger partial charge in [-0.05, 0) is 58.4 Å². The number of anilines is 2. The number of nitrogens with one attached hydrogen (secondary N) is 1. The molecule has 0 spiro atoms. The molecular formula is C22H30N8. The Hall–Kier alpha value is -2.84. The molecule has 0 radical (unpaired) electrons. The van der Waals surface area contributed by atoms with Crippen LogP contribution in [0.15, 0.2) is 36.7 Å². The van der Waals surface area contributed by atoms with Gasteiger partial charge < -0.3 is 20.0 Å². The Balaban J connectivity index is 1.56. The van der Waals surface area contributed by atoms with Crippen LogP contribution in [-0.2, 0) is 0 Å². The third kappa shape index (κ3) is 4.83. The van der Waals surface area contributed by atoms with Gasteiger partial charge in [0.15, 0.2) is 17.3 Å². The Morgan fingerprint density at radius 2 is 1.70 bits per heavy atom. The fraction of sp³-hybridized carbons (Fsp3) is 0.455. The lowest BCUT2D eigenvalue weighted by Gasteiger charge is -2.34. The van der Waals surface area contributed by atoms with Crippen LogP contribution >= 0.6 is 0 Å². The van der Waals surface area contributed by atoms with Crippen molar-refractivity contribution >= 4 is 22.7 Å². The zero-order valence-corrected chi connectivity index (χ0v) is 18.0. The molecule has 1 saturated heterocycles. The number of benzene rings is 1. The Labute approximate surface area is 178 Å². The number of nitrogens with zero attached hydrogens (tertiary/aromatic N) is 7. The smallest absolute Gasteiger partial charge is 0.184 e. The van der Waals surface area contributed by atoms with Crippen molar-refractivity contribution in [1.29, 1.82) is 0 Å². The summed E-state index contributed by atoms with van der Waals surface area (Å²) in [5.41, 5.74) is 3.55. The molecule has 8 heteroatoms. The molecule has 3 aromatic rings. The van der Waals surface area contributed by atoms with Gasteiger partial charge in [0, 0.05) is 56.4 Å². The van der Waals surface area contributed by atoms with Crippen LogP contribution in [0.1, 0.15) is 6.42 Å². The zero-order chi connectivity index (χ0) is 20.9. The predicted molar refractivity (Wildman–Crippen MR) is 122 cm³/mol. The van der Waals surface area contributed by atoms with Gasteiger partial charge in [-0.2, -0.15) is 0 Å². The van der Waals surface area contributed by atoms with Crippen LogP contribution < -0.4 is 10.2 Å². The number of likely N-dealkylation sites (N-methyl/N-ethyl adjacent to an activating group) is 1. The van der Waals surface area contributed by atoms with Crippen molar-refractivity contribution in [2.45, 2.75) is 6.42 Å². The third-order valence-corrected chi connectivity index (χ3v) is 5.40. The first-order valence-corrected chi connectivity index (χ1v) is 10.5. The highest BCUT2D eigenvalue weighted by molar-refractivity contribution is 5.84. The minimum absolute atomic E-state index is 0.612. The van der Waals surface area contributed by atoms with E-state index in [4.69, 9.17) is 4.98 Å². The molecule has 0 unspecified atom stereocenters. The summed E-state index contributed by atoms with van der Waals surface area (Å²) in [4.78, 5) is 25.3. The van der Waals surface area contributed by atoms with Crippen LogP contribution in [0.25, 0.3) is 22.6 Å². The molecule has 0 atom stereocenters. The zero-order valence-electron chi connectivity index (χ0n) is 18.0. The average Bonchev–Trinajstić information content (AvgIpc) is 2.77. The van der Waals surface area contributed by atoms with Gasteiger partial charge >= 0.3 is 0 Å². The number of piperazine rings is 1. The summed E-state index contributed by atoms with van der Waals surface area (Å²) in [5, 5.41) is 3.43. The molecule has 0 aliphatic carbocycles. The first-order chi connectivity index (χ1) is 14.6. The lowest BCUT2D eigenvalue weighted by Crippen LogP contribution is -2.44. The minimum Gasteiger partial charge on any atom is -0.369 e. The quantitative estimate of drug-likeness (QED) is 0.599. The van der Waals surface area contributed by atoms with Crippen molar-refractivity contribution in [3.8, 4) is 11.4 Å². The summed E-state index contributed by atoms with van der Waals surface area (Å²) < 4.78 is 0. The Morgan fingerprint density at radius 3 is 2.43 bits per heavy atom. The maximum absolute atomic E-state index is 4.78. The standard InChI is InChI=1S/C22H30N8/c1-28(2)12-4-9-24-21-19-22(25-11-10-23-19)27-20(26-21)17-5-7-18(8-6-17)30-15-13-29(3)14-16-30/h5-8,10-11H,4,9,12-16H2,1-3H3,(H,24,25,26,27). The number of rotatable bonds is 7. The van der Waals surface area contributed by atoms with Crippen molar-refractivity contribution in [1.82, 2.24) is 29.7 Å². The lowest BCUT2D eigenvalue weighted by atomic mass is 10.1. The van der Waals surface area contributed by atoms with E-state index in [1.54, 1.807) is 12.4 Å². The normalized spacial score (nSPS) is 15.1. The van der Waals surface area contributed by atoms with E-state index in [0.29, 0.717) is 17.0 Å². The van der Waals surface area contributed by atoms with Crippen molar-refractivity contribution in [2.75, 3.05) is 70.6 Å². The first kappa shape index (κ1) is 20.4. The monoisotopic (exact) mass is 406 g/mol. The van der Waals surface area contributed by atoms with Gasteiger partial charge in [0.1, 0.15) is 5.52 Å². The lowest BCUT2D eigenvalue weighted by molar-refractivity contribution is 0.313. The van der Waals surface area contributed by atoms with Gasteiger partial charge in [-0.15, -0.1) is 0 Å². The molecule has 158 valence electrons. The van der Waals surface area contributed by atoms with Crippen LogP contribution in [0.5, 0.6) is 0 Å². The molecule has 0 bridgehead atoms. The third-order valence-electron chi connectivity index (χ3n) is 5.40. The van der Waals surface area contributed by atoms with E-state index in [1.165, 1.54) is 5.69 Å². The Bertz CT molecular complexity index is 965. The number of aromatic nitrogens is 4. The topological polar surface area (TPSA) is 73.3 Å². The molecule has 2 aromatic heterocycles. The maximum atomic E-state index is 4.78. The van der Waals surface area contributed by atoms with E-state index >= 15 is 0 Å². The molecular weight excluding hydrogens is 376 g/mol. The molecule has 1 aromatic carbocycles. The van der Waals surface area contributed by atoms with Gasteiger partial charge in [0.05, 0.1) is 0 Å². The Morgan fingerprint density at radius 1 is 0.967 bits per heavy atom. The highest BCUT2D eigenvalue weighted by atomic mass is 15.2. The van der Waals surface area contributed by atoms with Crippen LogP contribution in [0.3, 0.4) is 0 Å². The summed E-state index contributed by atoms with van der Waals surface area (Å²) in [6.45, 7) is 6.14. The molecule has 3 heterocycles. The van der Waals surface area contributed by atoms with E-state index in [2.05, 4.69) is 80.4 Å². The van der Waals surface area contributed by atoms with Crippen molar-refractivity contribution in [3.05, 3.63) is 36.7 Å². The minimum atomic E-state index is 0.612. The second-order valence-corrected chi connectivity index (χ2v) is 8.05. The van der Waals surface area contributed by atoms with Gasteiger partial charge in [0.25, 0.3) is 0 Å². The largest absolute Gasteiger partial charge is 0.369 e. The molecule has 1 aliphatic heterocycles. The second-order valence-electron chi connectivity index (χ2n) is 8.05. The predicted octanol–water partition coefficient (Wildman–Crippen LogP) is 2.20. The van der Waals surface area contributed by atoms with Crippen molar-refractivity contribution < 1.29 is 0 Å². The molecule has 4 rings (SSSR count). The van der Waals surface area contributed by atoms with Crippen LogP contribution in [0.4, 0.5) is 11.5 Å². The van der Waals surface area contributed by atoms with E-state index < -0.39 is 0 Å². The number of hydrogen-bond acceptors (Lipinski definition) is 8. The summed E-state index contributed by atoms with van der Waals surface area (Å²) in [6, 6.07) is 8.52. The van der Waals surface area contributed by atoms with E-state index in [1.807, 2.05) is 0 Å². The molecule has 1 N–H and O–H groups in total. The summed E-state index contributed by atoms with van der Waals surface area (Å²) in [5.74, 6) is 1.41. The van der Waals surface area contributed by atoms with Gasteiger partial charge in [-0.3, -0.25) is 0 Å². The van der Waals surface area contributed by atoms with Crippen molar-refractivity contribution in [3.63, 3.8) is 0 Å². The van der Waals surface area contributed by atoms with Gasteiger partial charge in [-0.25, -0.2) is 19.9 Å². The molecule has 0 saturated carbocycles. The van der Waals surface area contributed by atoms with Gasteiger partial charge in [0.2, 0.25) is 0 Å². The highest BCUT2D eigenvalue weighted by Gasteiger charge is 2.15. The summed E-state index contributed by atoms with van der Waals surface area (Å²) in [6.07, 6.45) is 4.38. The van der Waals surface area contributed by atoms with E-state index in [9.17, 15) is 0 Å². The summed E-state index contributed by atoms with van der Waals surface area (Å²) >= 11 is 0. The average molecular weight is 407 g/mol. The van der Waals surface area contributed by atoms with Gasteiger partial charge in [-0.1, -0.05) is 0 Å². The molecule has 30 heavy (non-hydrogen) atoms. The molecule has 0 amide bonds. The molecule has 1 fully saturated rings. The SMILES string of the molecule is CN(C)CCCNc1nc(-c2ccc(N3CCN(C)CC3)cc2)nc2nccnc12. The van der Waals surface area contributed by atoms with Crippen LogP contribution in [0, 0.1) is 0 Å². The van der Waals surface area contributed by atoms with Crippen molar-refractivity contribution in [2.24, 2.45) is 0 Å². The fourth-order valence-electron chi connectivity index (χ4n) is 3.60. The van der Waals surface area contributed by atoms with Crippen LogP contribution in [0.2, 0.25) is 0 Å². The first-order valence-electron chi connectivity index (χ1n) is 10.5. The Kier molecular flexibility index (Phi) is 6.35. The highest BCUT2D eigenvalue weighted by Crippen LogP contribution is 2.25. The maximum Gasteiger partial charge on any atom is 0.184 e.